The standard InChI is InChI=1S/C2H6IO2P/c1-4-6(3)5-2/h1-2H3. The van der Waals surface area contributed by atoms with Crippen LogP contribution >= 0.6 is 28.1 Å². The molecule has 0 N–H and O–H groups in total. The predicted molar refractivity (Wildman–Crippen MR) is 35.0 cm³/mol. The average molecular weight is 220 g/mol. The van der Waals surface area contributed by atoms with Crippen LogP contribution in [-0.2, 0) is 9.05 Å². The fourth-order valence-electron chi connectivity index (χ4n) is 0.0745. The van der Waals surface area contributed by atoms with E-state index in [1.807, 2.05) is 0 Å². The molecule has 0 aromatic carbocycles. The lowest BCUT2D eigenvalue weighted by molar-refractivity contribution is 0.360. The minimum Gasteiger partial charge on any atom is -0.330 e. The van der Waals surface area contributed by atoms with Crippen molar-refractivity contribution in [3.05, 3.63) is 0 Å². The van der Waals surface area contributed by atoms with Gasteiger partial charge in [0.25, 0.3) is 0 Å². The molecule has 0 aromatic heterocycles. The van der Waals surface area contributed by atoms with Crippen LogP contribution in [0.3, 0.4) is 0 Å². The minimum atomic E-state index is -0.606. The molecule has 0 spiro atoms. The van der Waals surface area contributed by atoms with E-state index in [0.717, 1.165) is 0 Å². The van der Waals surface area contributed by atoms with Crippen molar-refractivity contribution in [2.24, 2.45) is 0 Å². The molecule has 0 atom stereocenters. The molecule has 38 valence electrons. The van der Waals surface area contributed by atoms with Crippen molar-refractivity contribution in [1.82, 2.24) is 0 Å². The molecule has 6 heavy (non-hydrogen) atoms. The second-order valence-corrected chi connectivity index (χ2v) is 4.10. The molecule has 0 aromatic rings. The van der Waals surface area contributed by atoms with Gasteiger partial charge in [-0.2, -0.15) is 0 Å². The maximum absolute atomic E-state index is 4.73. The van der Waals surface area contributed by atoms with Crippen molar-refractivity contribution in [2.75, 3.05) is 14.2 Å². The first-order valence-corrected chi connectivity index (χ1v) is 5.31. The first-order valence-electron chi connectivity index (χ1n) is 1.35. The molecule has 0 saturated heterocycles. The Kier molecular flexibility index (Phi) is 5.01. The van der Waals surface area contributed by atoms with Crippen LogP contribution in [0.15, 0.2) is 0 Å². The van der Waals surface area contributed by atoms with E-state index in [2.05, 4.69) is 22.0 Å². The predicted octanol–water partition coefficient (Wildman–Crippen LogP) is 1.94. The summed E-state index contributed by atoms with van der Waals surface area (Å²) in [6.45, 7) is 0. The van der Waals surface area contributed by atoms with Crippen LogP contribution in [0.4, 0.5) is 0 Å². The molecule has 0 fully saturated rings. The van der Waals surface area contributed by atoms with Gasteiger partial charge in [0.2, 0.25) is 6.02 Å². The lowest BCUT2D eigenvalue weighted by atomic mass is 11.8. The van der Waals surface area contributed by atoms with E-state index >= 15 is 0 Å². The van der Waals surface area contributed by atoms with Crippen LogP contribution in [0.25, 0.3) is 0 Å². The van der Waals surface area contributed by atoms with Gasteiger partial charge in [0, 0.05) is 36.3 Å². The van der Waals surface area contributed by atoms with E-state index in [-0.39, 0.29) is 0 Å². The zero-order valence-electron chi connectivity index (χ0n) is 3.64. The topological polar surface area (TPSA) is 18.5 Å². The van der Waals surface area contributed by atoms with Gasteiger partial charge < -0.3 is 9.05 Å². The molecule has 0 amide bonds. The first kappa shape index (κ1) is 7.08. The summed E-state index contributed by atoms with van der Waals surface area (Å²) < 4.78 is 9.46. The van der Waals surface area contributed by atoms with Crippen LogP contribution in [-0.4, -0.2) is 14.2 Å². The number of hydrogen-bond acceptors (Lipinski definition) is 2. The van der Waals surface area contributed by atoms with Crippen molar-refractivity contribution in [1.29, 1.82) is 0 Å². The molecule has 0 radical (unpaired) electrons. The van der Waals surface area contributed by atoms with Crippen LogP contribution in [0.2, 0.25) is 0 Å². The third-order valence-corrected chi connectivity index (χ3v) is 3.22. The van der Waals surface area contributed by atoms with Crippen LogP contribution in [0.5, 0.6) is 0 Å². The van der Waals surface area contributed by atoms with E-state index in [1.165, 1.54) is 0 Å². The van der Waals surface area contributed by atoms with E-state index < -0.39 is 6.02 Å². The summed E-state index contributed by atoms with van der Waals surface area (Å²) in [5.74, 6) is 0. The molecule has 0 rings (SSSR count). The zero-order valence-corrected chi connectivity index (χ0v) is 6.69. The summed E-state index contributed by atoms with van der Waals surface area (Å²) in [6, 6.07) is -0.606. The van der Waals surface area contributed by atoms with Crippen molar-refractivity contribution < 1.29 is 9.05 Å². The molecule has 2 nitrogen and oxygen atoms in total. The van der Waals surface area contributed by atoms with Crippen molar-refractivity contribution in [3.8, 4) is 0 Å². The van der Waals surface area contributed by atoms with E-state index in [4.69, 9.17) is 9.05 Å². The highest BCUT2D eigenvalue weighted by Crippen LogP contribution is 2.44. The molecular weight excluding hydrogens is 214 g/mol. The fraction of sp³-hybridized carbons (Fsp3) is 1.00. The third-order valence-electron chi connectivity index (χ3n) is 0.287. The number of halogens is 1. The molecular formula is C2H6IO2P. The Bertz CT molecular complexity index is 30.7. The Morgan fingerprint density at radius 3 is 1.67 bits per heavy atom. The fourth-order valence-corrected chi connectivity index (χ4v) is 0.224. The highest BCUT2D eigenvalue weighted by molar-refractivity contribution is 14.2. The Morgan fingerprint density at radius 1 is 1.33 bits per heavy atom. The van der Waals surface area contributed by atoms with E-state index in [1.54, 1.807) is 14.2 Å². The van der Waals surface area contributed by atoms with Gasteiger partial charge in [0.1, 0.15) is 0 Å². The van der Waals surface area contributed by atoms with Gasteiger partial charge in [-0.05, 0) is 0 Å². The van der Waals surface area contributed by atoms with Gasteiger partial charge >= 0.3 is 0 Å². The smallest absolute Gasteiger partial charge is 0.239 e. The molecule has 0 heterocycles. The Labute approximate surface area is 51.6 Å². The quantitative estimate of drug-likeness (QED) is 0.522. The van der Waals surface area contributed by atoms with Crippen molar-refractivity contribution in [3.63, 3.8) is 0 Å². The zero-order chi connectivity index (χ0) is 4.99. The summed E-state index contributed by atoms with van der Waals surface area (Å²) in [7, 11) is 3.25. The Hall–Kier alpha value is 1.08. The molecule has 0 saturated carbocycles. The van der Waals surface area contributed by atoms with Gasteiger partial charge in [-0.15, -0.1) is 0 Å². The van der Waals surface area contributed by atoms with Crippen LogP contribution in [0.1, 0.15) is 0 Å². The Balaban J connectivity index is 2.75. The summed E-state index contributed by atoms with van der Waals surface area (Å²) in [4.78, 5) is 0. The number of rotatable bonds is 2. The van der Waals surface area contributed by atoms with E-state index in [0.29, 0.717) is 0 Å². The maximum atomic E-state index is 4.73. The Morgan fingerprint density at radius 2 is 1.67 bits per heavy atom. The van der Waals surface area contributed by atoms with Gasteiger partial charge in [0.05, 0.1) is 0 Å². The van der Waals surface area contributed by atoms with Crippen LogP contribution < -0.4 is 0 Å². The monoisotopic (exact) mass is 220 g/mol. The highest BCUT2D eigenvalue weighted by atomic mass is 127. The lowest BCUT2D eigenvalue weighted by Crippen LogP contribution is -1.68. The van der Waals surface area contributed by atoms with E-state index in [9.17, 15) is 0 Å². The minimum absolute atomic E-state index is 0.606. The molecule has 0 aliphatic carbocycles. The summed E-state index contributed by atoms with van der Waals surface area (Å²) in [5, 5.41) is 0. The first-order chi connectivity index (χ1) is 2.81. The average Bonchev–Trinajstić information content (AvgIpc) is 1.65. The van der Waals surface area contributed by atoms with Crippen LogP contribution in [0, 0.1) is 0 Å². The molecule has 0 bridgehead atoms. The second-order valence-electron chi connectivity index (χ2n) is 0.578. The lowest BCUT2D eigenvalue weighted by Gasteiger charge is -1.98. The van der Waals surface area contributed by atoms with Gasteiger partial charge in [0.15, 0.2) is 0 Å². The molecule has 0 unspecified atom stereocenters. The third kappa shape index (κ3) is 3.28. The summed E-state index contributed by atoms with van der Waals surface area (Å²) in [5.41, 5.74) is 0. The second kappa shape index (κ2) is 4.24. The number of hydrogen-bond donors (Lipinski definition) is 0. The molecule has 0 aliphatic rings. The normalized spacial score (nSPS) is 10.0. The molecule has 0 aliphatic heterocycles. The SMILES string of the molecule is COP(I)OC. The largest absolute Gasteiger partial charge is 0.330 e. The van der Waals surface area contributed by atoms with Gasteiger partial charge in [-0.3, -0.25) is 0 Å². The van der Waals surface area contributed by atoms with Crippen molar-refractivity contribution >= 4 is 28.1 Å². The molecule has 4 heteroatoms. The van der Waals surface area contributed by atoms with Gasteiger partial charge in [-0.25, -0.2) is 0 Å². The summed E-state index contributed by atoms with van der Waals surface area (Å²) in [6.07, 6.45) is 0. The maximum Gasteiger partial charge on any atom is 0.239 e. The highest BCUT2D eigenvalue weighted by Gasteiger charge is 1.93. The summed E-state index contributed by atoms with van der Waals surface area (Å²) >= 11 is 2.09. The van der Waals surface area contributed by atoms with Gasteiger partial charge in [-0.1, -0.05) is 0 Å². The van der Waals surface area contributed by atoms with Crippen molar-refractivity contribution in [2.45, 2.75) is 0 Å².